The Morgan fingerprint density at radius 1 is 0.926 bits per heavy atom. The molecule has 27 heavy (non-hydrogen) atoms. The first kappa shape index (κ1) is 17.9. The quantitative estimate of drug-likeness (QED) is 0.587. The second kappa shape index (κ2) is 7.65. The molecule has 1 N–H and O–H groups in total. The molecule has 0 atom stereocenters. The number of aromatic nitrogens is 1. The first-order valence-electron chi connectivity index (χ1n) is 9.56. The Hall–Kier alpha value is -2.46. The number of nitrogens with one attached hydrogen (secondary N) is 1. The molecule has 0 aliphatic heterocycles. The van der Waals surface area contributed by atoms with Crippen LogP contribution in [0.25, 0.3) is 21.7 Å². The molecule has 1 heterocycles. The molecule has 1 aliphatic rings. The van der Waals surface area contributed by atoms with E-state index in [1.165, 1.54) is 11.1 Å². The normalized spacial score (nSPS) is 14.4. The minimum Gasteiger partial charge on any atom is -0.302 e. The van der Waals surface area contributed by atoms with Crippen LogP contribution in [0.5, 0.6) is 0 Å². The lowest BCUT2D eigenvalue weighted by atomic mass is 10.0. The highest BCUT2D eigenvalue weighted by Crippen LogP contribution is 2.39. The Morgan fingerprint density at radius 2 is 1.48 bits per heavy atom. The molecule has 0 unspecified atom stereocenters. The van der Waals surface area contributed by atoms with Gasteiger partial charge in [0.25, 0.3) is 0 Å². The summed E-state index contributed by atoms with van der Waals surface area (Å²) in [6.07, 6.45) is 4.29. The monoisotopic (exact) mass is 376 g/mol. The van der Waals surface area contributed by atoms with Crippen LogP contribution in [-0.2, 0) is 4.79 Å². The number of carbonyl (C=O) groups excluding carboxylic acids is 1. The maximum absolute atomic E-state index is 12.6. The fraction of sp³-hybridized carbons (Fsp3) is 0.304. The number of rotatable bonds is 4. The molecule has 1 aromatic heterocycles. The molecule has 4 heteroatoms. The molecule has 3 aromatic rings. The standard InChI is InChI=1S/C23H24N2OS/c1-15-7-11-17(12-8-15)20-21(18-13-9-16(2)10-14-18)27-23(24-20)25-22(26)19-5-3-4-6-19/h7-14,19H,3-6H2,1-2H3,(H,24,25,26). The van der Waals surface area contributed by atoms with E-state index >= 15 is 0 Å². The Kier molecular flexibility index (Phi) is 5.08. The van der Waals surface area contributed by atoms with Gasteiger partial charge in [-0.15, -0.1) is 0 Å². The van der Waals surface area contributed by atoms with Gasteiger partial charge in [-0.05, 0) is 32.3 Å². The van der Waals surface area contributed by atoms with E-state index in [1.807, 2.05) is 0 Å². The van der Waals surface area contributed by atoms with Crippen molar-refractivity contribution in [2.24, 2.45) is 5.92 Å². The SMILES string of the molecule is Cc1ccc(-c2nc(NC(=O)C3CCCC3)sc2-c2ccc(C)cc2)cc1. The number of aryl methyl sites for hydroxylation is 2. The van der Waals surface area contributed by atoms with Crippen molar-refractivity contribution < 1.29 is 4.79 Å². The van der Waals surface area contributed by atoms with Crippen molar-refractivity contribution in [3.8, 4) is 21.7 Å². The van der Waals surface area contributed by atoms with Crippen LogP contribution in [0.3, 0.4) is 0 Å². The summed E-state index contributed by atoms with van der Waals surface area (Å²) in [5.41, 5.74) is 5.60. The smallest absolute Gasteiger partial charge is 0.229 e. The lowest BCUT2D eigenvalue weighted by Gasteiger charge is -2.07. The minimum atomic E-state index is 0.118. The van der Waals surface area contributed by atoms with E-state index in [1.54, 1.807) is 11.3 Å². The Balaban J connectivity index is 1.71. The molecule has 138 valence electrons. The predicted molar refractivity (Wildman–Crippen MR) is 113 cm³/mol. The summed E-state index contributed by atoms with van der Waals surface area (Å²) in [6, 6.07) is 16.9. The van der Waals surface area contributed by atoms with Crippen LogP contribution in [-0.4, -0.2) is 10.9 Å². The molecule has 0 radical (unpaired) electrons. The number of benzene rings is 2. The first-order chi connectivity index (χ1) is 13.1. The van der Waals surface area contributed by atoms with Crippen molar-refractivity contribution in [2.45, 2.75) is 39.5 Å². The third-order valence-corrected chi connectivity index (χ3v) is 6.24. The van der Waals surface area contributed by atoms with Crippen LogP contribution < -0.4 is 5.32 Å². The van der Waals surface area contributed by atoms with Gasteiger partial charge >= 0.3 is 0 Å². The van der Waals surface area contributed by atoms with Gasteiger partial charge in [-0.2, -0.15) is 0 Å². The van der Waals surface area contributed by atoms with Crippen molar-refractivity contribution in [3.05, 3.63) is 59.7 Å². The average Bonchev–Trinajstić information content (AvgIpc) is 3.33. The molecule has 1 amide bonds. The van der Waals surface area contributed by atoms with E-state index in [-0.39, 0.29) is 11.8 Å². The predicted octanol–water partition coefficient (Wildman–Crippen LogP) is 6.22. The summed E-state index contributed by atoms with van der Waals surface area (Å²) < 4.78 is 0. The van der Waals surface area contributed by atoms with Gasteiger partial charge in [0.2, 0.25) is 5.91 Å². The highest BCUT2D eigenvalue weighted by atomic mass is 32.1. The minimum absolute atomic E-state index is 0.118. The number of hydrogen-bond donors (Lipinski definition) is 1. The maximum Gasteiger partial charge on any atom is 0.229 e. The summed E-state index contributed by atoms with van der Waals surface area (Å²) in [5, 5.41) is 3.77. The number of thiazole rings is 1. The third-order valence-electron chi connectivity index (χ3n) is 5.22. The number of amides is 1. The molecule has 4 rings (SSSR count). The lowest BCUT2D eigenvalue weighted by Crippen LogP contribution is -2.20. The van der Waals surface area contributed by atoms with Crippen LogP contribution in [0.4, 0.5) is 5.13 Å². The van der Waals surface area contributed by atoms with Crippen molar-refractivity contribution >= 4 is 22.4 Å². The summed E-state index contributed by atoms with van der Waals surface area (Å²) >= 11 is 1.56. The number of hydrogen-bond acceptors (Lipinski definition) is 3. The van der Waals surface area contributed by atoms with E-state index < -0.39 is 0 Å². The van der Waals surface area contributed by atoms with Crippen LogP contribution in [0.1, 0.15) is 36.8 Å². The molecule has 3 nitrogen and oxygen atoms in total. The number of carbonyl (C=O) groups is 1. The highest BCUT2D eigenvalue weighted by molar-refractivity contribution is 7.19. The topological polar surface area (TPSA) is 42.0 Å². The molecule has 1 saturated carbocycles. The van der Waals surface area contributed by atoms with E-state index in [0.717, 1.165) is 47.4 Å². The van der Waals surface area contributed by atoms with Crippen LogP contribution >= 0.6 is 11.3 Å². The Morgan fingerprint density at radius 3 is 2.07 bits per heavy atom. The van der Waals surface area contributed by atoms with Gasteiger partial charge in [0.05, 0.1) is 10.6 Å². The van der Waals surface area contributed by atoms with Crippen molar-refractivity contribution in [1.82, 2.24) is 4.98 Å². The maximum atomic E-state index is 12.6. The molecule has 2 aromatic carbocycles. The molecule has 1 aliphatic carbocycles. The second-order valence-corrected chi connectivity index (χ2v) is 8.40. The van der Waals surface area contributed by atoms with Crippen molar-refractivity contribution in [3.63, 3.8) is 0 Å². The van der Waals surface area contributed by atoms with Gasteiger partial charge < -0.3 is 5.32 Å². The summed E-state index contributed by atoms with van der Waals surface area (Å²) in [6.45, 7) is 4.17. The Labute approximate surface area is 164 Å². The van der Waals surface area contributed by atoms with Gasteiger partial charge in [0.15, 0.2) is 5.13 Å². The fourth-order valence-electron chi connectivity index (χ4n) is 3.58. The number of nitrogens with zero attached hydrogens (tertiary/aromatic N) is 1. The van der Waals surface area contributed by atoms with E-state index in [4.69, 9.17) is 4.98 Å². The zero-order chi connectivity index (χ0) is 18.8. The van der Waals surface area contributed by atoms with Gasteiger partial charge in [0.1, 0.15) is 0 Å². The van der Waals surface area contributed by atoms with E-state index in [2.05, 4.69) is 67.7 Å². The summed E-state index contributed by atoms with van der Waals surface area (Å²) in [7, 11) is 0. The Bertz CT molecular complexity index is 873. The molecule has 0 bridgehead atoms. The van der Waals surface area contributed by atoms with E-state index in [0.29, 0.717) is 5.13 Å². The molecular formula is C23H24N2OS. The molecule has 1 fully saturated rings. The zero-order valence-electron chi connectivity index (χ0n) is 15.8. The van der Waals surface area contributed by atoms with Crippen LogP contribution in [0, 0.1) is 19.8 Å². The van der Waals surface area contributed by atoms with Gasteiger partial charge in [-0.3, -0.25) is 4.79 Å². The van der Waals surface area contributed by atoms with Gasteiger partial charge in [-0.25, -0.2) is 4.98 Å². The summed E-state index contributed by atoms with van der Waals surface area (Å²) in [4.78, 5) is 18.5. The third kappa shape index (κ3) is 3.96. The van der Waals surface area contributed by atoms with Gasteiger partial charge in [0, 0.05) is 11.5 Å². The first-order valence-corrected chi connectivity index (χ1v) is 10.4. The van der Waals surface area contributed by atoms with Crippen molar-refractivity contribution in [2.75, 3.05) is 5.32 Å². The van der Waals surface area contributed by atoms with Crippen molar-refractivity contribution in [1.29, 1.82) is 0 Å². The van der Waals surface area contributed by atoms with E-state index in [9.17, 15) is 4.79 Å². The molecule has 0 saturated heterocycles. The molecule has 0 spiro atoms. The largest absolute Gasteiger partial charge is 0.302 e. The van der Waals surface area contributed by atoms with Crippen LogP contribution in [0.2, 0.25) is 0 Å². The summed E-state index contributed by atoms with van der Waals surface area (Å²) in [5.74, 6) is 0.256. The zero-order valence-corrected chi connectivity index (χ0v) is 16.6. The second-order valence-electron chi connectivity index (χ2n) is 7.40. The average molecular weight is 377 g/mol. The highest BCUT2D eigenvalue weighted by Gasteiger charge is 2.24. The fourth-order valence-corrected chi connectivity index (χ4v) is 4.57. The van der Waals surface area contributed by atoms with Gasteiger partial charge in [-0.1, -0.05) is 83.8 Å². The lowest BCUT2D eigenvalue weighted by molar-refractivity contribution is -0.119. The van der Waals surface area contributed by atoms with Crippen LogP contribution in [0.15, 0.2) is 48.5 Å². The molecular weight excluding hydrogens is 352 g/mol. The number of anilines is 1.